The Labute approximate surface area is 219 Å². The molecule has 1 aliphatic rings. The summed E-state index contributed by atoms with van der Waals surface area (Å²) >= 11 is 0. The van der Waals surface area contributed by atoms with Gasteiger partial charge in [-0.25, -0.2) is 0 Å². The van der Waals surface area contributed by atoms with Crippen LogP contribution in [0.4, 0.5) is 0 Å². The molecule has 0 bridgehead atoms. The zero-order chi connectivity index (χ0) is 25.1. The molecule has 1 unspecified atom stereocenters. The Morgan fingerprint density at radius 1 is 0.605 bits per heavy atom. The first-order valence-electron chi connectivity index (χ1n) is 13.0. The Hall–Kier alpha value is -4.96. The zero-order valence-corrected chi connectivity index (χ0v) is 20.7. The van der Waals surface area contributed by atoms with Gasteiger partial charge in [0.15, 0.2) is 0 Å². The predicted molar refractivity (Wildman–Crippen MR) is 157 cm³/mol. The summed E-state index contributed by atoms with van der Waals surface area (Å²) in [5.74, 6) is 0. The molecule has 0 amide bonds. The predicted octanol–water partition coefficient (Wildman–Crippen LogP) is 8.27. The number of nitrogens with zero attached hydrogens (tertiary/aromatic N) is 4. The fourth-order valence-electron chi connectivity index (χ4n) is 6.12. The van der Waals surface area contributed by atoms with Gasteiger partial charge in [-0.3, -0.25) is 9.97 Å². The minimum absolute atomic E-state index is 0.259. The third-order valence-corrected chi connectivity index (χ3v) is 7.86. The Morgan fingerprint density at radius 3 is 1.97 bits per heavy atom. The number of fused-ring (bicyclic) bond motifs is 6. The van der Waals surface area contributed by atoms with Crippen LogP contribution < -0.4 is 0 Å². The molecule has 4 heterocycles. The normalized spacial score (nSPS) is 15.6. The topological polar surface area (TPSA) is 35.6 Å². The molecule has 4 aromatic heterocycles. The van der Waals surface area contributed by atoms with E-state index in [9.17, 15) is 0 Å². The van der Waals surface area contributed by atoms with Gasteiger partial charge in [0.2, 0.25) is 0 Å². The van der Waals surface area contributed by atoms with E-state index in [4.69, 9.17) is 0 Å². The van der Waals surface area contributed by atoms with Crippen LogP contribution in [0.25, 0.3) is 54.9 Å². The van der Waals surface area contributed by atoms with Gasteiger partial charge >= 0.3 is 0 Å². The molecule has 4 heteroatoms. The molecule has 8 rings (SSSR count). The minimum atomic E-state index is 0.259. The highest BCUT2D eigenvalue weighted by molar-refractivity contribution is 6.09. The van der Waals surface area contributed by atoms with Crippen LogP contribution >= 0.6 is 0 Å². The molecule has 0 radical (unpaired) electrons. The fourth-order valence-corrected chi connectivity index (χ4v) is 6.12. The van der Waals surface area contributed by atoms with Crippen LogP contribution in [0.1, 0.15) is 18.0 Å². The average Bonchev–Trinajstić information content (AvgIpc) is 3.51. The third kappa shape index (κ3) is 3.10. The average molecular weight is 489 g/mol. The van der Waals surface area contributed by atoms with Crippen molar-refractivity contribution in [2.24, 2.45) is 0 Å². The number of hydrogen-bond acceptors (Lipinski definition) is 2. The molecule has 0 aliphatic heterocycles. The fraction of sp³-hybridized carbons (Fsp3) is 0.0588. The number of rotatable bonds is 3. The smallest absolute Gasteiger partial charge is 0.0724 e. The van der Waals surface area contributed by atoms with E-state index in [1.807, 2.05) is 24.8 Å². The molecule has 0 spiro atoms. The lowest BCUT2D eigenvalue weighted by Crippen LogP contribution is -2.08. The van der Waals surface area contributed by atoms with Gasteiger partial charge in [0.25, 0.3) is 0 Å². The first-order valence-corrected chi connectivity index (χ1v) is 13.0. The first kappa shape index (κ1) is 21.2. The minimum Gasteiger partial charge on any atom is -0.332 e. The summed E-state index contributed by atoms with van der Waals surface area (Å²) in [5, 5.41) is 5.01. The maximum Gasteiger partial charge on any atom is 0.0724 e. The van der Waals surface area contributed by atoms with Crippen LogP contribution in [0.3, 0.4) is 0 Å². The SMILES string of the molecule is C1=CC(n2c3ccccc3c3ccncc32)CC=C1c1ccc(-n2c3ccccc3c3ccncc32)cc1. The molecule has 7 aromatic rings. The van der Waals surface area contributed by atoms with Crippen LogP contribution in [0.2, 0.25) is 0 Å². The molecule has 180 valence electrons. The maximum absolute atomic E-state index is 4.43. The van der Waals surface area contributed by atoms with Crippen LogP contribution in [-0.4, -0.2) is 19.1 Å². The van der Waals surface area contributed by atoms with Crippen LogP contribution in [0, 0.1) is 0 Å². The van der Waals surface area contributed by atoms with Gasteiger partial charge in [-0.1, -0.05) is 66.8 Å². The second kappa shape index (κ2) is 8.29. The summed E-state index contributed by atoms with van der Waals surface area (Å²) in [5.41, 5.74) is 8.40. The number of benzene rings is 3. The molecular formula is C34H24N4. The Kier molecular flexibility index (Phi) is 4.61. The standard InChI is InChI=1S/C34H24N4/c1-3-7-31-27(5-1)29-17-19-35-21-33(29)37(31)25-13-9-23(10-14-25)24-11-15-26(16-12-24)38-32-8-4-2-6-28(32)30-18-20-36-22-34(30)38/h1-15,17-22,26H,16H2. The summed E-state index contributed by atoms with van der Waals surface area (Å²) in [6.45, 7) is 0. The van der Waals surface area contributed by atoms with E-state index in [1.165, 1.54) is 49.2 Å². The highest BCUT2D eigenvalue weighted by Gasteiger charge is 2.18. The lowest BCUT2D eigenvalue weighted by Gasteiger charge is -2.20. The van der Waals surface area contributed by atoms with Crippen molar-refractivity contribution < 1.29 is 0 Å². The summed E-state index contributed by atoms with van der Waals surface area (Å²) in [6, 6.07) is 30.6. The van der Waals surface area contributed by atoms with Crippen LogP contribution in [0.15, 0.2) is 128 Å². The van der Waals surface area contributed by atoms with Crippen molar-refractivity contribution in [3.05, 3.63) is 134 Å². The van der Waals surface area contributed by atoms with E-state index < -0.39 is 0 Å². The van der Waals surface area contributed by atoms with Crippen molar-refractivity contribution >= 4 is 49.2 Å². The Balaban J connectivity index is 1.14. The molecule has 0 fully saturated rings. The lowest BCUT2D eigenvalue weighted by molar-refractivity contribution is 0.649. The van der Waals surface area contributed by atoms with Crippen molar-refractivity contribution in [1.29, 1.82) is 0 Å². The molecule has 1 aliphatic carbocycles. The molecule has 38 heavy (non-hydrogen) atoms. The van der Waals surface area contributed by atoms with Crippen LogP contribution in [0.5, 0.6) is 0 Å². The van der Waals surface area contributed by atoms with Crippen molar-refractivity contribution in [2.45, 2.75) is 12.5 Å². The number of aromatic nitrogens is 4. The highest BCUT2D eigenvalue weighted by Crippen LogP contribution is 2.36. The van der Waals surface area contributed by atoms with Crippen molar-refractivity contribution in [3.63, 3.8) is 0 Å². The monoisotopic (exact) mass is 488 g/mol. The first-order chi connectivity index (χ1) is 18.9. The second-order valence-electron chi connectivity index (χ2n) is 9.89. The molecule has 0 N–H and O–H groups in total. The second-order valence-corrected chi connectivity index (χ2v) is 9.89. The van der Waals surface area contributed by atoms with E-state index in [0.717, 1.165) is 17.6 Å². The van der Waals surface area contributed by atoms with Crippen LogP contribution in [-0.2, 0) is 0 Å². The summed E-state index contributed by atoms with van der Waals surface area (Å²) in [6.07, 6.45) is 15.6. The van der Waals surface area contributed by atoms with E-state index >= 15 is 0 Å². The van der Waals surface area contributed by atoms with E-state index in [1.54, 1.807) is 0 Å². The molecule has 1 atom stereocenters. The van der Waals surface area contributed by atoms with E-state index in [2.05, 4.69) is 122 Å². The quantitative estimate of drug-likeness (QED) is 0.251. The van der Waals surface area contributed by atoms with Gasteiger partial charge in [0, 0.05) is 45.1 Å². The highest BCUT2D eigenvalue weighted by atomic mass is 15.0. The number of para-hydroxylation sites is 2. The summed E-state index contributed by atoms with van der Waals surface area (Å²) in [4.78, 5) is 8.83. The van der Waals surface area contributed by atoms with Crippen molar-refractivity contribution in [1.82, 2.24) is 19.1 Å². The van der Waals surface area contributed by atoms with Gasteiger partial charge in [-0.05, 0) is 54.0 Å². The Morgan fingerprint density at radius 2 is 1.24 bits per heavy atom. The lowest BCUT2D eigenvalue weighted by atomic mass is 9.96. The van der Waals surface area contributed by atoms with Gasteiger partial charge in [-0.15, -0.1) is 0 Å². The van der Waals surface area contributed by atoms with Gasteiger partial charge in [0.1, 0.15) is 0 Å². The molecule has 0 saturated carbocycles. The third-order valence-electron chi connectivity index (χ3n) is 7.86. The van der Waals surface area contributed by atoms with Gasteiger partial charge in [0.05, 0.1) is 35.0 Å². The van der Waals surface area contributed by atoms with Crippen molar-refractivity contribution in [2.75, 3.05) is 0 Å². The largest absolute Gasteiger partial charge is 0.332 e. The number of allylic oxidation sites excluding steroid dienone is 4. The van der Waals surface area contributed by atoms with E-state index in [0.29, 0.717) is 0 Å². The zero-order valence-electron chi connectivity index (χ0n) is 20.7. The van der Waals surface area contributed by atoms with Gasteiger partial charge in [-0.2, -0.15) is 0 Å². The summed E-state index contributed by atoms with van der Waals surface area (Å²) in [7, 11) is 0. The van der Waals surface area contributed by atoms with E-state index in [-0.39, 0.29) is 6.04 Å². The number of pyridine rings is 2. The molecule has 3 aromatic carbocycles. The van der Waals surface area contributed by atoms with Crippen molar-refractivity contribution in [3.8, 4) is 5.69 Å². The Bertz CT molecular complexity index is 1950. The molecular weight excluding hydrogens is 464 g/mol. The maximum atomic E-state index is 4.43. The molecule has 0 saturated heterocycles. The number of hydrogen-bond donors (Lipinski definition) is 0. The van der Waals surface area contributed by atoms with Gasteiger partial charge < -0.3 is 9.13 Å². The molecule has 4 nitrogen and oxygen atoms in total. The summed E-state index contributed by atoms with van der Waals surface area (Å²) < 4.78 is 4.74.